The van der Waals surface area contributed by atoms with Crippen molar-refractivity contribution in [1.82, 2.24) is 20.1 Å². The molecule has 37 heavy (non-hydrogen) atoms. The third-order valence-electron chi connectivity index (χ3n) is 6.56. The van der Waals surface area contributed by atoms with Gasteiger partial charge in [0.1, 0.15) is 17.8 Å². The Kier molecular flexibility index (Phi) is 5.67. The van der Waals surface area contributed by atoms with Crippen molar-refractivity contribution in [3.05, 3.63) is 155 Å². The molecule has 0 bridgehead atoms. The molecule has 6 rings (SSSR count). The van der Waals surface area contributed by atoms with Crippen LogP contribution in [0.4, 0.5) is 0 Å². The molecule has 7 heteroatoms. The fourth-order valence-electron chi connectivity index (χ4n) is 4.88. The summed E-state index contributed by atoms with van der Waals surface area (Å²) in [6.07, 6.45) is 1.80. The SMILES string of the molecule is O=C1c2ccccc2C(=O)N1OCc1cn(C(c2ccccc2)(c2ccccc2)c2ccccc2)nn1. The van der Waals surface area contributed by atoms with Gasteiger partial charge in [0.15, 0.2) is 0 Å². The highest BCUT2D eigenvalue weighted by molar-refractivity contribution is 6.20. The second-order valence-corrected chi connectivity index (χ2v) is 8.69. The fourth-order valence-corrected chi connectivity index (χ4v) is 4.88. The summed E-state index contributed by atoms with van der Waals surface area (Å²) in [5, 5.41) is 9.69. The van der Waals surface area contributed by atoms with Crippen molar-refractivity contribution in [3.63, 3.8) is 0 Å². The van der Waals surface area contributed by atoms with E-state index < -0.39 is 17.4 Å². The van der Waals surface area contributed by atoms with Gasteiger partial charge in [-0.15, -0.1) is 10.2 Å². The maximum atomic E-state index is 12.7. The van der Waals surface area contributed by atoms with Crippen LogP contribution in [0.3, 0.4) is 0 Å². The Balaban J connectivity index is 1.40. The van der Waals surface area contributed by atoms with E-state index >= 15 is 0 Å². The van der Waals surface area contributed by atoms with Gasteiger partial charge in [-0.05, 0) is 28.8 Å². The van der Waals surface area contributed by atoms with Crippen LogP contribution in [0.5, 0.6) is 0 Å². The van der Waals surface area contributed by atoms with Gasteiger partial charge in [0.2, 0.25) is 0 Å². The number of amides is 2. The molecule has 2 heterocycles. The molecule has 1 aliphatic heterocycles. The fraction of sp³-hybridized carbons (Fsp3) is 0.0667. The van der Waals surface area contributed by atoms with E-state index in [0.29, 0.717) is 16.8 Å². The Morgan fingerprint density at radius 2 is 1.05 bits per heavy atom. The highest BCUT2D eigenvalue weighted by Crippen LogP contribution is 2.40. The number of hydrogen-bond donors (Lipinski definition) is 0. The van der Waals surface area contributed by atoms with Gasteiger partial charge in [-0.2, -0.15) is 0 Å². The van der Waals surface area contributed by atoms with Gasteiger partial charge < -0.3 is 0 Å². The van der Waals surface area contributed by atoms with E-state index in [4.69, 9.17) is 4.84 Å². The van der Waals surface area contributed by atoms with Gasteiger partial charge in [0, 0.05) is 0 Å². The van der Waals surface area contributed by atoms with Crippen molar-refractivity contribution in [2.45, 2.75) is 12.1 Å². The normalized spacial score (nSPS) is 13.1. The van der Waals surface area contributed by atoms with Crippen molar-refractivity contribution in [2.24, 2.45) is 0 Å². The lowest BCUT2D eigenvalue weighted by atomic mass is 9.77. The smallest absolute Gasteiger partial charge is 0.266 e. The molecule has 0 saturated heterocycles. The second-order valence-electron chi connectivity index (χ2n) is 8.69. The number of fused-ring (bicyclic) bond motifs is 1. The monoisotopic (exact) mass is 486 g/mol. The summed E-state index contributed by atoms with van der Waals surface area (Å²) in [7, 11) is 0. The second kappa shape index (κ2) is 9.29. The number of carbonyl (C=O) groups excluding carboxylic acids is 2. The minimum Gasteiger partial charge on any atom is -0.266 e. The first-order chi connectivity index (χ1) is 18.2. The highest BCUT2D eigenvalue weighted by Gasteiger charge is 2.40. The van der Waals surface area contributed by atoms with Gasteiger partial charge in [-0.25, -0.2) is 4.68 Å². The van der Waals surface area contributed by atoms with Crippen molar-refractivity contribution >= 4 is 11.8 Å². The zero-order valence-electron chi connectivity index (χ0n) is 19.8. The van der Waals surface area contributed by atoms with Crippen LogP contribution in [-0.2, 0) is 17.0 Å². The molecule has 1 aliphatic rings. The first-order valence-corrected chi connectivity index (χ1v) is 11.9. The third kappa shape index (κ3) is 3.73. The quantitative estimate of drug-likeness (QED) is 0.243. The molecule has 1 aromatic heterocycles. The van der Waals surface area contributed by atoms with Gasteiger partial charge in [-0.3, -0.25) is 14.4 Å². The lowest BCUT2D eigenvalue weighted by molar-refractivity contribution is -0.102. The molecule has 2 amide bonds. The minimum absolute atomic E-state index is 0.0973. The lowest BCUT2D eigenvalue weighted by Crippen LogP contribution is -2.38. The van der Waals surface area contributed by atoms with Crippen LogP contribution < -0.4 is 0 Å². The Labute approximate surface area is 213 Å². The predicted molar refractivity (Wildman–Crippen MR) is 136 cm³/mol. The van der Waals surface area contributed by atoms with Crippen molar-refractivity contribution in [2.75, 3.05) is 0 Å². The van der Waals surface area contributed by atoms with Crippen molar-refractivity contribution < 1.29 is 14.4 Å². The van der Waals surface area contributed by atoms with Crippen LogP contribution in [-0.4, -0.2) is 31.9 Å². The van der Waals surface area contributed by atoms with Crippen LogP contribution >= 0.6 is 0 Å². The molecule has 0 fully saturated rings. The number of benzene rings is 4. The number of nitrogens with zero attached hydrogens (tertiary/aromatic N) is 4. The highest BCUT2D eigenvalue weighted by atomic mass is 16.7. The van der Waals surface area contributed by atoms with E-state index in [-0.39, 0.29) is 6.61 Å². The van der Waals surface area contributed by atoms with Crippen LogP contribution in [0.25, 0.3) is 0 Å². The van der Waals surface area contributed by atoms with Crippen LogP contribution in [0.1, 0.15) is 43.1 Å². The molecule has 0 aliphatic carbocycles. The van der Waals surface area contributed by atoms with E-state index in [1.807, 2.05) is 59.3 Å². The number of carbonyl (C=O) groups is 2. The summed E-state index contributed by atoms with van der Waals surface area (Å²) in [5.74, 6) is -0.972. The van der Waals surface area contributed by atoms with E-state index in [1.54, 1.807) is 30.5 Å². The van der Waals surface area contributed by atoms with Crippen LogP contribution in [0, 0.1) is 0 Å². The molecule has 7 nitrogen and oxygen atoms in total. The van der Waals surface area contributed by atoms with Crippen molar-refractivity contribution in [1.29, 1.82) is 0 Å². The molecule has 0 N–H and O–H groups in total. The van der Waals surface area contributed by atoms with Crippen LogP contribution in [0.15, 0.2) is 121 Å². The van der Waals surface area contributed by atoms with Gasteiger partial charge in [0.25, 0.3) is 11.8 Å². The summed E-state index contributed by atoms with van der Waals surface area (Å²) in [6, 6.07) is 37.0. The number of rotatable bonds is 7. The number of aromatic nitrogens is 3. The average molecular weight is 487 g/mol. The van der Waals surface area contributed by atoms with Gasteiger partial charge in [0.05, 0.1) is 17.3 Å². The maximum absolute atomic E-state index is 12.7. The average Bonchev–Trinajstić information content (AvgIpc) is 3.53. The van der Waals surface area contributed by atoms with Gasteiger partial charge >= 0.3 is 0 Å². The van der Waals surface area contributed by atoms with E-state index in [2.05, 4.69) is 46.7 Å². The summed E-state index contributed by atoms with van der Waals surface area (Å²) in [6.45, 7) is -0.0973. The maximum Gasteiger partial charge on any atom is 0.285 e. The summed E-state index contributed by atoms with van der Waals surface area (Å²) in [4.78, 5) is 31.0. The lowest BCUT2D eigenvalue weighted by Gasteiger charge is -2.35. The first-order valence-electron chi connectivity index (χ1n) is 11.9. The van der Waals surface area contributed by atoms with Crippen LogP contribution in [0.2, 0.25) is 0 Å². The van der Waals surface area contributed by atoms with E-state index in [1.165, 1.54) is 0 Å². The topological polar surface area (TPSA) is 77.3 Å². The Bertz CT molecular complexity index is 1430. The third-order valence-corrected chi connectivity index (χ3v) is 6.56. The Morgan fingerprint density at radius 1 is 0.622 bits per heavy atom. The largest absolute Gasteiger partial charge is 0.285 e. The first kappa shape index (κ1) is 22.6. The molecule has 0 spiro atoms. The van der Waals surface area contributed by atoms with Gasteiger partial charge in [-0.1, -0.05) is 108 Å². The Hall–Kier alpha value is -4.88. The molecule has 180 valence electrons. The molecule has 0 atom stereocenters. The standard InChI is InChI=1S/C30H22N4O3/c35-28-26-18-10-11-19-27(26)29(36)34(28)37-21-25-20-33(32-31-25)30(22-12-4-1-5-13-22,23-14-6-2-7-15-23)24-16-8-3-9-17-24/h1-20H,21H2. The zero-order valence-corrected chi connectivity index (χ0v) is 19.8. The number of imide groups is 1. The molecule has 4 aromatic carbocycles. The Morgan fingerprint density at radius 3 is 1.51 bits per heavy atom. The summed E-state index contributed by atoms with van der Waals surface area (Å²) < 4.78 is 1.81. The zero-order chi connectivity index (χ0) is 25.2. The summed E-state index contributed by atoms with van der Waals surface area (Å²) >= 11 is 0. The molecule has 0 radical (unpaired) electrons. The molecule has 0 saturated carbocycles. The number of hydroxylamine groups is 2. The molecule has 5 aromatic rings. The molecular formula is C30H22N4O3. The van der Waals surface area contributed by atoms with Crippen molar-refractivity contribution in [3.8, 4) is 0 Å². The number of hydrogen-bond acceptors (Lipinski definition) is 5. The summed E-state index contributed by atoms with van der Waals surface area (Å²) in [5.41, 5.74) is 3.33. The van der Waals surface area contributed by atoms with E-state index in [9.17, 15) is 9.59 Å². The predicted octanol–water partition coefficient (Wildman–Crippen LogP) is 4.85. The minimum atomic E-state index is -0.815. The van der Waals surface area contributed by atoms with E-state index in [0.717, 1.165) is 21.8 Å². The molecular weight excluding hydrogens is 464 g/mol. The molecule has 0 unspecified atom stereocenters.